The molecule has 0 aromatic heterocycles. The molecule has 0 unspecified atom stereocenters. The molecule has 232 valence electrons. The number of hydrogen-bond acceptors (Lipinski definition) is 6. The molecular formula is C42H34N6. The van der Waals surface area contributed by atoms with Gasteiger partial charge in [-0.15, -0.1) is 0 Å². The molecule has 0 heterocycles. The van der Waals surface area contributed by atoms with Gasteiger partial charge in [0.05, 0.1) is 11.4 Å². The van der Waals surface area contributed by atoms with Crippen LogP contribution in [0.5, 0.6) is 0 Å². The van der Waals surface area contributed by atoms with Crippen molar-refractivity contribution in [1.29, 1.82) is 5.41 Å². The maximum atomic E-state index is 8.11. The Morgan fingerprint density at radius 3 is 1.50 bits per heavy atom. The van der Waals surface area contributed by atoms with Gasteiger partial charge in [0.25, 0.3) is 0 Å². The number of nitrogen functional groups attached to an aromatic ring is 1. The fourth-order valence-corrected chi connectivity index (χ4v) is 5.73. The van der Waals surface area contributed by atoms with Crippen LogP contribution in [0.4, 0.5) is 45.5 Å². The Bertz CT molecular complexity index is 2120. The molecule has 0 bridgehead atoms. The van der Waals surface area contributed by atoms with Gasteiger partial charge in [-0.2, -0.15) is 5.10 Å². The number of allylic oxidation sites excluding steroid dienone is 4. The number of hydrogen-bond donors (Lipinski definition) is 3. The van der Waals surface area contributed by atoms with Crippen molar-refractivity contribution in [2.75, 3.05) is 21.0 Å². The number of nitrogens with two attached hydrogens (primary N) is 1. The minimum absolute atomic E-state index is 0.372. The molecule has 0 saturated carbocycles. The molecule has 4 N–H and O–H groups in total. The molecule has 6 nitrogen and oxygen atoms in total. The summed E-state index contributed by atoms with van der Waals surface area (Å²) < 4.78 is 0. The number of para-hydroxylation sites is 2. The molecule has 6 aromatic rings. The summed E-state index contributed by atoms with van der Waals surface area (Å²) in [5.41, 5.74) is 20.2. The minimum Gasteiger partial charge on any atom is -0.399 e. The van der Waals surface area contributed by atoms with E-state index in [1.54, 1.807) is 6.08 Å². The number of nitrogens with zero attached hydrogens (tertiary/aromatic N) is 3. The molecule has 7 rings (SSSR count). The van der Waals surface area contributed by atoms with Crippen LogP contribution in [0.15, 0.2) is 187 Å². The zero-order valence-corrected chi connectivity index (χ0v) is 26.2. The Morgan fingerprint density at radius 2 is 0.958 bits per heavy atom. The highest BCUT2D eigenvalue weighted by molar-refractivity contribution is 6.50. The third kappa shape index (κ3) is 6.64. The van der Waals surface area contributed by atoms with Crippen molar-refractivity contribution >= 4 is 56.9 Å². The summed E-state index contributed by atoms with van der Waals surface area (Å²) >= 11 is 0. The molecule has 1 aliphatic carbocycles. The predicted molar refractivity (Wildman–Crippen MR) is 203 cm³/mol. The van der Waals surface area contributed by atoms with Gasteiger partial charge in [-0.3, -0.25) is 10.8 Å². The van der Waals surface area contributed by atoms with Crippen molar-refractivity contribution in [1.82, 2.24) is 0 Å². The molecule has 48 heavy (non-hydrogen) atoms. The molecule has 0 fully saturated rings. The lowest BCUT2D eigenvalue weighted by Gasteiger charge is -2.26. The zero-order valence-electron chi connectivity index (χ0n) is 26.2. The summed E-state index contributed by atoms with van der Waals surface area (Å²) in [6.07, 6.45) is 7.27. The van der Waals surface area contributed by atoms with Gasteiger partial charge in [-0.05, 0) is 108 Å². The lowest BCUT2D eigenvalue weighted by molar-refractivity contribution is 1.27. The number of anilines is 8. The van der Waals surface area contributed by atoms with Gasteiger partial charge in [-0.25, -0.2) is 0 Å². The van der Waals surface area contributed by atoms with Crippen LogP contribution < -0.4 is 21.0 Å². The summed E-state index contributed by atoms with van der Waals surface area (Å²) in [5.74, 6) is 0. The van der Waals surface area contributed by atoms with Crippen LogP contribution in [0.25, 0.3) is 11.1 Å². The van der Waals surface area contributed by atoms with Gasteiger partial charge >= 0.3 is 0 Å². The topological polar surface area (TPSA) is 80.7 Å². The van der Waals surface area contributed by atoms with E-state index in [4.69, 9.17) is 11.1 Å². The van der Waals surface area contributed by atoms with Crippen LogP contribution in [0.2, 0.25) is 0 Å². The highest BCUT2D eigenvalue weighted by atomic mass is 15.3. The average molecular weight is 623 g/mol. The molecule has 6 heteroatoms. The first-order chi connectivity index (χ1) is 23.6. The average Bonchev–Trinajstić information content (AvgIpc) is 3.13. The first-order valence-electron chi connectivity index (χ1n) is 15.8. The molecule has 0 aliphatic heterocycles. The van der Waals surface area contributed by atoms with Crippen LogP contribution in [0, 0.1) is 5.41 Å². The van der Waals surface area contributed by atoms with E-state index in [1.165, 1.54) is 0 Å². The lowest BCUT2D eigenvalue weighted by Crippen LogP contribution is -2.12. The summed E-state index contributed by atoms with van der Waals surface area (Å²) in [5, 5.41) is 12.6. The van der Waals surface area contributed by atoms with Gasteiger partial charge in [0.15, 0.2) is 0 Å². The molecular weight excluding hydrogens is 589 g/mol. The lowest BCUT2D eigenvalue weighted by atomic mass is 10.0. The summed E-state index contributed by atoms with van der Waals surface area (Å²) in [4.78, 5) is 4.43. The molecule has 0 spiro atoms. The van der Waals surface area contributed by atoms with Gasteiger partial charge in [0.1, 0.15) is 5.71 Å². The second-order valence-corrected chi connectivity index (χ2v) is 11.3. The molecule has 0 atom stereocenters. The normalized spacial score (nSPS) is 13.0. The second kappa shape index (κ2) is 13.8. The highest BCUT2D eigenvalue weighted by Gasteiger charge is 2.15. The molecule has 6 aromatic carbocycles. The number of nitrogens with one attached hydrogen (secondary N) is 2. The number of benzene rings is 6. The van der Waals surface area contributed by atoms with Gasteiger partial charge in [0.2, 0.25) is 0 Å². The standard InChI is InChI=1S/C42H34N6/c43-33-11-9-17-39(29-33)47(35-13-3-1-4-14-35)37-25-21-31(22-26-37)32-23-27-38(28-24-32)48(36-15-5-2-6-16-36)40-18-10-12-34(30-40)45-46-42-20-8-7-19-41(42)44/h1-30,44-45H,43H2/b44-41?,46-42-. The summed E-state index contributed by atoms with van der Waals surface area (Å²) in [6.45, 7) is 0. The van der Waals surface area contributed by atoms with Crippen LogP contribution >= 0.6 is 0 Å². The van der Waals surface area contributed by atoms with E-state index < -0.39 is 0 Å². The van der Waals surface area contributed by atoms with Crippen LogP contribution in [-0.4, -0.2) is 11.4 Å². The third-order valence-corrected chi connectivity index (χ3v) is 8.06. The van der Waals surface area contributed by atoms with Gasteiger partial charge in [-0.1, -0.05) is 84.9 Å². The minimum atomic E-state index is 0.372. The van der Waals surface area contributed by atoms with Crippen LogP contribution in [-0.2, 0) is 0 Å². The molecule has 0 amide bonds. The Labute approximate surface area is 280 Å². The van der Waals surface area contributed by atoms with Crippen molar-refractivity contribution in [2.45, 2.75) is 0 Å². The second-order valence-electron chi connectivity index (χ2n) is 11.3. The van der Waals surface area contributed by atoms with Crippen molar-refractivity contribution < 1.29 is 0 Å². The smallest absolute Gasteiger partial charge is 0.108 e. The SMILES string of the molecule is N=C1C=CC=C/C1=N/Nc1cccc(N(c2ccccc2)c2ccc(-c3ccc(N(c4ccccc4)c4cccc(N)c4)cc3)cc2)c1. The number of hydrazone groups is 1. The summed E-state index contributed by atoms with van der Waals surface area (Å²) in [6, 6.07) is 54.0. The van der Waals surface area contributed by atoms with E-state index >= 15 is 0 Å². The Morgan fingerprint density at radius 1 is 0.479 bits per heavy atom. The Kier molecular flexibility index (Phi) is 8.61. The van der Waals surface area contributed by atoms with Gasteiger partial charge in [0, 0.05) is 39.8 Å². The van der Waals surface area contributed by atoms with E-state index in [9.17, 15) is 0 Å². The van der Waals surface area contributed by atoms with Crippen molar-refractivity contribution in [3.05, 3.63) is 182 Å². The zero-order chi connectivity index (χ0) is 32.7. The van der Waals surface area contributed by atoms with Crippen molar-refractivity contribution in [3.8, 4) is 11.1 Å². The van der Waals surface area contributed by atoms with E-state index in [-0.39, 0.29) is 0 Å². The van der Waals surface area contributed by atoms with Gasteiger partial charge < -0.3 is 15.5 Å². The maximum Gasteiger partial charge on any atom is 0.108 e. The largest absolute Gasteiger partial charge is 0.399 e. The Balaban J connectivity index is 1.17. The third-order valence-electron chi connectivity index (χ3n) is 8.06. The quantitative estimate of drug-likeness (QED) is 0.0851. The monoisotopic (exact) mass is 622 g/mol. The van der Waals surface area contributed by atoms with E-state index in [0.29, 0.717) is 11.4 Å². The fraction of sp³-hybridized carbons (Fsp3) is 0. The maximum absolute atomic E-state index is 8.11. The molecule has 0 radical (unpaired) electrons. The van der Waals surface area contributed by atoms with Crippen LogP contribution in [0.3, 0.4) is 0 Å². The molecule has 0 saturated heterocycles. The van der Waals surface area contributed by atoms with E-state index in [0.717, 1.165) is 56.6 Å². The van der Waals surface area contributed by atoms with E-state index in [1.807, 2.05) is 85.0 Å². The molecule has 1 aliphatic rings. The first kappa shape index (κ1) is 30.0. The highest BCUT2D eigenvalue weighted by Crippen LogP contribution is 2.38. The van der Waals surface area contributed by atoms with Crippen molar-refractivity contribution in [3.63, 3.8) is 0 Å². The summed E-state index contributed by atoms with van der Waals surface area (Å²) in [7, 11) is 0. The fourth-order valence-electron chi connectivity index (χ4n) is 5.73. The van der Waals surface area contributed by atoms with Crippen LogP contribution in [0.1, 0.15) is 0 Å². The van der Waals surface area contributed by atoms with Crippen molar-refractivity contribution in [2.24, 2.45) is 5.10 Å². The first-order valence-corrected chi connectivity index (χ1v) is 15.8. The van der Waals surface area contributed by atoms with E-state index in [2.05, 4.69) is 111 Å². The Hall–Kier alpha value is -6.66. The predicted octanol–water partition coefficient (Wildman–Crippen LogP) is 10.8. The number of rotatable bonds is 9.